The number of hydrazine groups is 1. The highest BCUT2D eigenvalue weighted by atomic mass is 19.2. The molecule has 0 aliphatic carbocycles. The number of aryl methyl sites for hydroxylation is 1. The summed E-state index contributed by atoms with van der Waals surface area (Å²) in [5.74, 6) is 3.26. The van der Waals surface area contributed by atoms with Crippen LogP contribution in [0.1, 0.15) is 22.7 Å². The van der Waals surface area contributed by atoms with Crippen LogP contribution in [0.25, 0.3) is 0 Å². The van der Waals surface area contributed by atoms with E-state index in [9.17, 15) is 13.2 Å². The van der Waals surface area contributed by atoms with Crippen LogP contribution in [0.3, 0.4) is 0 Å². The summed E-state index contributed by atoms with van der Waals surface area (Å²) in [6.45, 7) is 1.62. The minimum atomic E-state index is -0.948. The van der Waals surface area contributed by atoms with E-state index < -0.39 is 17.7 Å². The molecular weight excluding hydrogens is 253 g/mol. The predicted molar refractivity (Wildman–Crippen MR) is 66.7 cm³/mol. The molecule has 0 fully saturated rings. The van der Waals surface area contributed by atoms with Crippen molar-refractivity contribution in [2.45, 2.75) is 13.0 Å². The summed E-state index contributed by atoms with van der Waals surface area (Å²) in [5, 5.41) is 0. The molecule has 0 radical (unpaired) electrons. The Morgan fingerprint density at radius 3 is 2.00 bits per heavy atom. The lowest BCUT2D eigenvalue weighted by Crippen LogP contribution is -2.29. The minimum absolute atomic E-state index is 0.329. The first-order valence-electron chi connectivity index (χ1n) is 5.70. The summed E-state index contributed by atoms with van der Waals surface area (Å²) < 4.78 is 39.4. The van der Waals surface area contributed by atoms with Gasteiger partial charge in [0, 0.05) is 0 Å². The maximum absolute atomic E-state index is 13.2. The summed E-state index contributed by atoms with van der Waals surface area (Å²) in [6.07, 6.45) is 0. The number of hydrogen-bond donors (Lipinski definition) is 2. The smallest absolute Gasteiger partial charge is 0.159 e. The fourth-order valence-corrected chi connectivity index (χ4v) is 1.92. The molecule has 0 aliphatic heterocycles. The molecule has 2 rings (SSSR count). The van der Waals surface area contributed by atoms with Crippen molar-refractivity contribution < 1.29 is 13.2 Å². The maximum Gasteiger partial charge on any atom is 0.159 e. The molecule has 2 aromatic carbocycles. The number of halogens is 3. The van der Waals surface area contributed by atoms with Gasteiger partial charge in [0.1, 0.15) is 5.82 Å². The Bertz CT molecular complexity index is 548. The van der Waals surface area contributed by atoms with Gasteiger partial charge in [-0.1, -0.05) is 18.2 Å². The fourth-order valence-electron chi connectivity index (χ4n) is 1.92. The van der Waals surface area contributed by atoms with Crippen molar-refractivity contribution in [1.82, 2.24) is 5.43 Å². The largest absolute Gasteiger partial charge is 0.271 e. The van der Waals surface area contributed by atoms with E-state index in [0.29, 0.717) is 16.7 Å². The predicted octanol–water partition coefficient (Wildman–Crippen LogP) is 2.97. The molecule has 5 heteroatoms. The van der Waals surface area contributed by atoms with E-state index >= 15 is 0 Å². The molecule has 3 N–H and O–H groups in total. The normalized spacial score (nSPS) is 12.5. The first kappa shape index (κ1) is 13.6. The van der Waals surface area contributed by atoms with Crippen molar-refractivity contribution in [3.05, 3.63) is 70.5 Å². The minimum Gasteiger partial charge on any atom is -0.271 e. The molecule has 1 atom stereocenters. The van der Waals surface area contributed by atoms with Crippen LogP contribution in [-0.2, 0) is 0 Å². The molecule has 0 aliphatic rings. The van der Waals surface area contributed by atoms with Crippen LogP contribution in [0, 0.1) is 24.4 Å². The highest BCUT2D eigenvalue weighted by molar-refractivity contribution is 5.34. The van der Waals surface area contributed by atoms with Crippen LogP contribution in [0.2, 0.25) is 0 Å². The zero-order valence-corrected chi connectivity index (χ0v) is 10.3. The van der Waals surface area contributed by atoms with Gasteiger partial charge in [0.15, 0.2) is 11.6 Å². The Balaban J connectivity index is 2.43. The van der Waals surface area contributed by atoms with E-state index in [4.69, 9.17) is 5.84 Å². The van der Waals surface area contributed by atoms with E-state index in [0.717, 1.165) is 12.1 Å². The van der Waals surface area contributed by atoms with Gasteiger partial charge >= 0.3 is 0 Å². The van der Waals surface area contributed by atoms with Crippen molar-refractivity contribution in [2.75, 3.05) is 0 Å². The molecule has 0 saturated carbocycles. The third-order valence-electron chi connectivity index (χ3n) is 2.96. The fraction of sp³-hybridized carbons (Fsp3) is 0.143. The van der Waals surface area contributed by atoms with Crippen LogP contribution in [-0.4, -0.2) is 0 Å². The lowest BCUT2D eigenvalue weighted by atomic mass is 9.97. The van der Waals surface area contributed by atoms with Gasteiger partial charge in [0.2, 0.25) is 0 Å². The van der Waals surface area contributed by atoms with Gasteiger partial charge in [-0.05, 0) is 41.8 Å². The van der Waals surface area contributed by atoms with Crippen molar-refractivity contribution in [1.29, 1.82) is 0 Å². The first-order chi connectivity index (χ1) is 9.02. The van der Waals surface area contributed by atoms with Gasteiger partial charge in [-0.2, -0.15) is 0 Å². The average molecular weight is 266 g/mol. The van der Waals surface area contributed by atoms with E-state index in [1.54, 1.807) is 19.1 Å². The second kappa shape index (κ2) is 5.42. The van der Waals surface area contributed by atoms with Crippen molar-refractivity contribution >= 4 is 0 Å². The van der Waals surface area contributed by atoms with Crippen LogP contribution in [0.4, 0.5) is 13.2 Å². The first-order valence-corrected chi connectivity index (χ1v) is 5.70. The summed E-state index contributed by atoms with van der Waals surface area (Å²) in [5.41, 5.74) is 4.11. The number of nitrogens with two attached hydrogens (primary N) is 1. The summed E-state index contributed by atoms with van der Waals surface area (Å²) >= 11 is 0. The van der Waals surface area contributed by atoms with E-state index in [-0.39, 0.29) is 5.82 Å². The Morgan fingerprint density at radius 1 is 0.895 bits per heavy atom. The molecular formula is C14H13F3N2. The van der Waals surface area contributed by atoms with Crippen LogP contribution < -0.4 is 11.3 Å². The summed E-state index contributed by atoms with van der Waals surface area (Å²) in [4.78, 5) is 0. The monoisotopic (exact) mass is 266 g/mol. The van der Waals surface area contributed by atoms with Crippen molar-refractivity contribution in [2.24, 2.45) is 5.84 Å². The zero-order chi connectivity index (χ0) is 14.0. The molecule has 19 heavy (non-hydrogen) atoms. The molecule has 2 aromatic rings. The molecule has 0 aromatic heterocycles. The lowest BCUT2D eigenvalue weighted by Gasteiger charge is -2.17. The SMILES string of the molecule is Cc1cc(C(NN)c2ccc(F)c(F)c2)ccc1F. The number of nitrogens with one attached hydrogen (secondary N) is 1. The molecule has 2 nitrogen and oxygen atoms in total. The quantitative estimate of drug-likeness (QED) is 0.662. The Labute approximate surface area is 109 Å². The standard InChI is InChI=1S/C14H13F3N2/c1-8-6-9(2-4-11(8)15)14(19-18)10-3-5-12(16)13(17)7-10/h2-7,14,19H,18H2,1H3. The maximum atomic E-state index is 13.2. The molecule has 0 amide bonds. The summed E-state index contributed by atoms with van der Waals surface area (Å²) in [7, 11) is 0. The van der Waals surface area contributed by atoms with Gasteiger partial charge in [-0.3, -0.25) is 5.84 Å². The Kier molecular flexibility index (Phi) is 3.87. The topological polar surface area (TPSA) is 38.0 Å². The molecule has 0 bridgehead atoms. The van der Waals surface area contributed by atoms with Crippen LogP contribution in [0.5, 0.6) is 0 Å². The van der Waals surface area contributed by atoms with Gasteiger partial charge in [-0.15, -0.1) is 0 Å². The molecule has 100 valence electrons. The van der Waals surface area contributed by atoms with Crippen molar-refractivity contribution in [3.8, 4) is 0 Å². The Morgan fingerprint density at radius 2 is 1.47 bits per heavy atom. The number of rotatable bonds is 3. The van der Waals surface area contributed by atoms with Crippen LogP contribution in [0.15, 0.2) is 36.4 Å². The van der Waals surface area contributed by atoms with Crippen LogP contribution >= 0.6 is 0 Å². The van der Waals surface area contributed by atoms with Gasteiger partial charge in [0.25, 0.3) is 0 Å². The lowest BCUT2D eigenvalue weighted by molar-refractivity contribution is 0.504. The van der Waals surface area contributed by atoms with Crippen molar-refractivity contribution in [3.63, 3.8) is 0 Å². The highest BCUT2D eigenvalue weighted by Crippen LogP contribution is 2.24. The van der Waals surface area contributed by atoms with E-state index in [1.807, 2.05) is 0 Å². The second-order valence-electron chi connectivity index (χ2n) is 4.28. The molecule has 1 unspecified atom stereocenters. The average Bonchev–Trinajstić information content (AvgIpc) is 2.39. The highest BCUT2D eigenvalue weighted by Gasteiger charge is 2.15. The number of benzene rings is 2. The molecule has 0 spiro atoms. The third-order valence-corrected chi connectivity index (χ3v) is 2.96. The van der Waals surface area contributed by atoms with E-state index in [1.165, 1.54) is 12.1 Å². The van der Waals surface area contributed by atoms with Gasteiger partial charge in [0.05, 0.1) is 6.04 Å². The second-order valence-corrected chi connectivity index (χ2v) is 4.28. The number of hydrogen-bond acceptors (Lipinski definition) is 2. The zero-order valence-electron chi connectivity index (χ0n) is 10.3. The van der Waals surface area contributed by atoms with Gasteiger partial charge in [-0.25, -0.2) is 18.6 Å². The molecule has 0 saturated heterocycles. The van der Waals surface area contributed by atoms with E-state index in [2.05, 4.69) is 5.43 Å². The summed E-state index contributed by atoms with van der Waals surface area (Å²) in [6, 6.07) is 7.48. The third kappa shape index (κ3) is 2.77. The van der Waals surface area contributed by atoms with Gasteiger partial charge < -0.3 is 0 Å². The Hall–Kier alpha value is -1.85. The molecule has 0 heterocycles.